The van der Waals surface area contributed by atoms with Crippen molar-refractivity contribution in [3.63, 3.8) is 0 Å². The summed E-state index contributed by atoms with van der Waals surface area (Å²) in [7, 11) is 0. The summed E-state index contributed by atoms with van der Waals surface area (Å²) in [6.45, 7) is 1.96. The summed E-state index contributed by atoms with van der Waals surface area (Å²) in [6.07, 6.45) is 0. The molecular weight excluding hydrogens is 244 g/mol. The second kappa shape index (κ2) is 4.28. The average Bonchev–Trinajstić information content (AvgIpc) is 2.63. The lowest BCUT2D eigenvalue weighted by Gasteiger charge is -2.06. The molecular formula is C12H9ClO2S. The number of halogens is 1. The number of benzene rings is 1. The van der Waals surface area contributed by atoms with Crippen molar-refractivity contribution >= 4 is 28.9 Å². The van der Waals surface area contributed by atoms with Gasteiger partial charge in [0.2, 0.25) is 0 Å². The lowest BCUT2D eigenvalue weighted by Crippen LogP contribution is -1.99. The first kappa shape index (κ1) is 11.2. The van der Waals surface area contributed by atoms with Gasteiger partial charge in [0, 0.05) is 9.90 Å². The molecule has 0 spiro atoms. The summed E-state index contributed by atoms with van der Waals surface area (Å²) >= 11 is 7.49. The fourth-order valence-electron chi connectivity index (χ4n) is 1.59. The van der Waals surface area contributed by atoms with Crippen molar-refractivity contribution in [2.75, 3.05) is 0 Å². The molecule has 2 rings (SSSR count). The molecule has 0 aliphatic heterocycles. The van der Waals surface area contributed by atoms with Crippen LogP contribution in [0.4, 0.5) is 0 Å². The van der Waals surface area contributed by atoms with E-state index in [1.54, 1.807) is 23.5 Å². The molecule has 1 heterocycles. The second-order valence-corrected chi connectivity index (χ2v) is 4.94. The van der Waals surface area contributed by atoms with Gasteiger partial charge in [-0.1, -0.05) is 11.6 Å². The lowest BCUT2D eigenvalue weighted by molar-refractivity contribution is 0.0698. The number of hydrogen-bond acceptors (Lipinski definition) is 2. The maximum Gasteiger partial charge on any atom is 0.336 e. The molecule has 4 heteroatoms. The predicted octanol–water partition coefficient (Wildman–Crippen LogP) is 4.08. The van der Waals surface area contributed by atoms with Crippen molar-refractivity contribution in [1.82, 2.24) is 0 Å². The SMILES string of the molecule is Cc1sccc1-c1cc(Cl)ccc1C(=O)O. The van der Waals surface area contributed by atoms with Crippen LogP contribution in [0.3, 0.4) is 0 Å². The van der Waals surface area contributed by atoms with Crippen LogP contribution in [-0.2, 0) is 0 Å². The molecule has 0 saturated heterocycles. The minimum absolute atomic E-state index is 0.283. The summed E-state index contributed by atoms with van der Waals surface area (Å²) in [4.78, 5) is 12.2. The number of aryl methyl sites for hydroxylation is 1. The molecule has 0 radical (unpaired) electrons. The minimum Gasteiger partial charge on any atom is -0.478 e. The van der Waals surface area contributed by atoms with Crippen LogP contribution in [-0.4, -0.2) is 11.1 Å². The van der Waals surface area contributed by atoms with Crippen LogP contribution in [0.25, 0.3) is 11.1 Å². The molecule has 2 aromatic rings. The molecule has 1 aromatic heterocycles. The van der Waals surface area contributed by atoms with Crippen LogP contribution in [0, 0.1) is 6.92 Å². The number of hydrogen-bond donors (Lipinski definition) is 1. The number of thiophene rings is 1. The number of carboxylic acid groups (broad SMARTS) is 1. The van der Waals surface area contributed by atoms with E-state index in [2.05, 4.69) is 0 Å². The summed E-state index contributed by atoms with van der Waals surface area (Å²) < 4.78 is 0. The summed E-state index contributed by atoms with van der Waals surface area (Å²) in [5, 5.41) is 11.6. The van der Waals surface area contributed by atoms with Crippen LogP contribution >= 0.6 is 22.9 Å². The van der Waals surface area contributed by atoms with Gasteiger partial charge in [-0.25, -0.2) is 4.79 Å². The first-order valence-electron chi connectivity index (χ1n) is 4.67. The summed E-state index contributed by atoms with van der Waals surface area (Å²) in [5.74, 6) is -0.933. The molecule has 0 saturated carbocycles. The largest absolute Gasteiger partial charge is 0.478 e. The third kappa shape index (κ3) is 1.96. The molecule has 1 aromatic carbocycles. The third-order valence-corrected chi connectivity index (χ3v) is 3.44. The quantitative estimate of drug-likeness (QED) is 0.875. The van der Waals surface area contributed by atoms with Gasteiger partial charge in [0.05, 0.1) is 5.56 Å². The molecule has 82 valence electrons. The van der Waals surface area contributed by atoms with Crippen molar-refractivity contribution < 1.29 is 9.90 Å². The standard InChI is InChI=1S/C12H9ClO2S/c1-7-9(4-5-16-7)11-6-8(13)2-3-10(11)12(14)15/h2-6H,1H3,(H,14,15). The lowest BCUT2D eigenvalue weighted by atomic mass is 10.0. The van der Waals surface area contributed by atoms with Gasteiger partial charge < -0.3 is 5.11 Å². The zero-order valence-corrected chi connectivity index (χ0v) is 10.1. The zero-order valence-electron chi connectivity index (χ0n) is 8.53. The molecule has 2 nitrogen and oxygen atoms in total. The number of rotatable bonds is 2. The molecule has 0 amide bonds. The molecule has 0 aliphatic carbocycles. The maximum atomic E-state index is 11.1. The number of aromatic carboxylic acids is 1. The monoisotopic (exact) mass is 252 g/mol. The molecule has 0 fully saturated rings. The van der Waals surface area contributed by atoms with Gasteiger partial charge in [-0.3, -0.25) is 0 Å². The van der Waals surface area contributed by atoms with E-state index < -0.39 is 5.97 Å². The topological polar surface area (TPSA) is 37.3 Å². The van der Waals surface area contributed by atoms with Gasteiger partial charge in [0.25, 0.3) is 0 Å². The van der Waals surface area contributed by atoms with Crippen LogP contribution in [0.15, 0.2) is 29.6 Å². The van der Waals surface area contributed by atoms with E-state index in [1.807, 2.05) is 18.4 Å². The van der Waals surface area contributed by atoms with E-state index in [1.165, 1.54) is 6.07 Å². The van der Waals surface area contributed by atoms with E-state index >= 15 is 0 Å². The van der Waals surface area contributed by atoms with Gasteiger partial charge in [0.15, 0.2) is 0 Å². The predicted molar refractivity (Wildman–Crippen MR) is 66.5 cm³/mol. The smallest absolute Gasteiger partial charge is 0.336 e. The molecule has 1 N–H and O–H groups in total. The Kier molecular flexibility index (Phi) is 2.99. The van der Waals surface area contributed by atoms with Gasteiger partial charge in [0.1, 0.15) is 0 Å². The van der Waals surface area contributed by atoms with Crippen LogP contribution < -0.4 is 0 Å². The highest BCUT2D eigenvalue weighted by atomic mass is 35.5. The zero-order chi connectivity index (χ0) is 11.7. The van der Waals surface area contributed by atoms with E-state index in [0.29, 0.717) is 10.6 Å². The summed E-state index contributed by atoms with van der Waals surface area (Å²) in [5.41, 5.74) is 1.90. The highest BCUT2D eigenvalue weighted by molar-refractivity contribution is 7.10. The van der Waals surface area contributed by atoms with Crippen LogP contribution in [0.1, 0.15) is 15.2 Å². The van der Waals surface area contributed by atoms with E-state index in [0.717, 1.165) is 10.4 Å². The van der Waals surface area contributed by atoms with Crippen molar-refractivity contribution in [2.24, 2.45) is 0 Å². The first-order valence-corrected chi connectivity index (χ1v) is 5.92. The first-order chi connectivity index (χ1) is 7.59. The van der Waals surface area contributed by atoms with Crippen LogP contribution in [0.2, 0.25) is 5.02 Å². The Balaban J connectivity index is 2.67. The maximum absolute atomic E-state index is 11.1. The Morgan fingerprint density at radius 1 is 1.31 bits per heavy atom. The van der Waals surface area contributed by atoms with E-state index in [4.69, 9.17) is 16.7 Å². The Bertz CT molecular complexity index is 546. The van der Waals surface area contributed by atoms with Crippen molar-refractivity contribution in [3.05, 3.63) is 45.1 Å². The Morgan fingerprint density at radius 2 is 2.06 bits per heavy atom. The number of carbonyl (C=O) groups is 1. The fourth-order valence-corrected chi connectivity index (χ4v) is 2.48. The molecule has 16 heavy (non-hydrogen) atoms. The molecule has 0 aliphatic rings. The molecule has 0 unspecified atom stereocenters. The minimum atomic E-state index is -0.933. The van der Waals surface area contributed by atoms with Crippen molar-refractivity contribution in [1.29, 1.82) is 0 Å². The Labute approximate surface area is 102 Å². The van der Waals surface area contributed by atoms with Gasteiger partial charge in [-0.05, 0) is 47.7 Å². The van der Waals surface area contributed by atoms with Gasteiger partial charge >= 0.3 is 5.97 Å². The highest BCUT2D eigenvalue weighted by Gasteiger charge is 2.14. The molecule has 0 bridgehead atoms. The average molecular weight is 253 g/mol. The van der Waals surface area contributed by atoms with Crippen LogP contribution in [0.5, 0.6) is 0 Å². The normalized spacial score (nSPS) is 10.4. The molecule has 0 atom stereocenters. The Hall–Kier alpha value is -1.32. The Morgan fingerprint density at radius 3 is 2.62 bits per heavy atom. The van der Waals surface area contributed by atoms with Crippen molar-refractivity contribution in [2.45, 2.75) is 6.92 Å². The summed E-state index contributed by atoms with van der Waals surface area (Å²) in [6, 6.07) is 6.74. The third-order valence-electron chi connectivity index (χ3n) is 2.36. The van der Waals surface area contributed by atoms with E-state index in [9.17, 15) is 4.79 Å². The second-order valence-electron chi connectivity index (χ2n) is 3.39. The fraction of sp³-hybridized carbons (Fsp3) is 0.0833. The number of carboxylic acids is 1. The van der Waals surface area contributed by atoms with Gasteiger partial charge in [-0.2, -0.15) is 0 Å². The van der Waals surface area contributed by atoms with Gasteiger partial charge in [-0.15, -0.1) is 11.3 Å². The van der Waals surface area contributed by atoms with Crippen molar-refractivity contribution in [3.8, 4) is 11.1 Å². The van der Waals surface area contributed by atoms with E-state index in [-0.39, 0.29) is 5.56 Å². The highest BCUT2D eigenvalue weighted by Crippen LogP contribution is 2.32.